The second kappa shape index (κ2) is 2.37. The fourth-order valence-electron chi connectivity index (χ4n) is 0.393. The summed E-state index contributed by atoms with van der Waals surface area (Å²) in [6, 6.07) is 0. The molecule has 1 heterocycles. The molecule has 1 aromatic heterocycles. The molecule has 0 saturated heterocycles. The molecule has 0 spiro atoms. The Balaban J connectivity index is 2.50. The molecule has 1 rings (SSSR count). The quantitative estimate of drug-likeness (QED) is 0.484. The van der Waals surface area contributed by atoms with Crippen molar-refractivity contribution >= 4 is 7.69 Å². The number of hydrogen-bond donors (Lipinski definition) is 2. The van der Waals surface area contributed by atoms with Crippen LogP contribution in [0.25, 0.3) is 0 Å². The zero-order valence-corrected chi connectivity index (χ0v) is 4.16. The van der Waals surface area contributed by atoms with Gasteiger partial charge in [-0.15, -0.1) is 0 Å². The van der Waals surface area contributed by atoms with Crippen LogP contribution in [0, 0.1) is 0 Å². The van der Waals surface area contributed by atoms with Gasteiger partial charge in [-0.25, -0.2) is 0 Å². The Bertz CT molecular complexity index is 141. The number of aromatic amines is 1. The molecule has 0 fully saturated rings. The lowest BCUT2D eigenvalue weighted by atomic mass is 10.4. The van der Waals surface area contributed by atoms with Gasteiger partial charge in [-0.2, -0.15) is 5.10 Å². The minimum absolute atomic E-state index is 0.306. The van der Waals surface area contributed by atoms with E-state index in [2.05, 4.69) is 14.9 Å². The number of aromatic nitrogens is 2. The molecule has 0 bridgehead atoms. The van der Waals surface area contributed by atoms with E-state index < -0.39 is 0 Å². The van der Waals surface area contributed by atoms with E-state index in [0.717, 1.165) is 0 Å². The van der Waals surface area contributed by atoms with Crippen molar-refractivity contribution in [2.24, 2.45) is 0 Å². The molecule has 0 radical (unpaired) electrons. The third-order valence-corrected chi connectivity index (χ3v) is 0.704. The monoisotopic (exact) mass is 112 g/mol. The molecule has 0 aliphatic rings. The highest BCUT2D eigenvalue weighted by Gasteiger charge is 1.89. The highest BCUT2D eigenvalue weighted by atomic mass is 16.5. The van der Waals surface area contributed by atoms with Gasteiger partial charge < -0.3 is 9.68 Å². The van der Waals surface area contributed by atoms with Crippen LogP contribution in [0.15, 0.2) is 12.4 Å². The molecule has 8 heavy (non-hydrogen) atoms. The SMILES string of the molecule is OBOc1cn[nH]c1. The Morgan fingerprint density at radius 1 is 1.88 bits per heavy atom. The lowest BCUT2D eigenvalue weighted by Crippen LogP contribution is -1.97. The first-order valence-corrected chi connectivity index (χ1v) is 2.16. The third-order valence-electron chi connectivity index (χ3n) is 0.704. The van der Waals surface area contributed by atoms with E-state index in [0.29, 0.717) is 5.75 Å². The van der Waals surface area contributed by atoms with Crippen molar-refractivity contribution in [3.8, 4) is 5.75 Å². The molecule has 1 aromatic rings. The smallest absolute Gasteiger partial charge is 0.504 e. The third kappa shape index (κ3) is 1.00. The maximum absolute atomic E-state index is 8.17. The van der Waals surface area contributed by atoms with Gasteiger partial charge in [0.1, 0.15) is 5.75 Å². The van der Waals surface area contributed by atoms with E-state index in [4.69, 9.17) is 5.02 Å². The van der Waals surface area contributed by atoms with Gasteiger partial charge in [0.25, 0.3) is 0 Å². The second-order valence-electron chi connectivity index (χ2n) is 1.21. The van der Waals surface area contributed by atoms with Crippen LogP contribution in [0.5, 0.6) is 5.75 Å². The molecular weight excluding hydrogens is 107 g/mol. The lowest BCUT2D eigenvalue weighted by Gasteiger charge is -1.90. The normalized spacial score (nSPS) is 8.62. The van der Waals surface area contributed by atoms with Crippen LogP contribution in [0.2, 0.25) is 0 Å². The Labute approximate surface area is 46.8 Å². The van der Waals surface area contributed by atoms with Crippen LogP contribution in [0.4, 0.5) is 0 Å². The van der Waals surface area contributed by atoms with Gasteiger partial charge in [0.2, 0.25) is 0 Å². The van der Waals surface area contributed by atoms with E-state index in [-0.39, 0.29) is 7.69 Å². The number of nitrogens with one attached hydrogen (secondary N) is 1. The van der Waals surface area contributed by atoms with Crippen molar-refractivity contribution in [2.45, 2.75) is 0 Å². The van der Waals surface area contributed by atoms with Gasteiger partial charge in [-0.1, -0.05) is 0 Å². The first-order chi connectivity index (χ1) is 3.93. The number of rotatable bonds is 2. The number of nitrogens with zero attached hydrogens (tertiary/aromatic N) is 1. The molecule has 0 aromatic carbocycles. The second-order valence-corrected chi connectivity index (χ2v) is 1.21. The average Bonchev–Trinajstić information content (AvgIpc) is 2.19. The van der Waals surface area contributed by atoms with Gasteiger partial charge in [-0.3, -0.25) is 5.10 Å². The molecule has 0 saturated carbocycles. The zero-order chi connectivity index (χ0) is 5.82. The summed E-state index contributed by atoms with van der Waals surface area (Å²) in [6.07, 6.45) is 3.03. The molecular formula is C3H5BN2O2. The van der Waals surface area contributed by atoms with E-state index in [9.17, 15) is 0 Å². The molecule has 42 valence electrons. The lowest BCUT2D eigenvalue weighted by molar-refractivity contribution is 0.454. The van der Waals surface area contributed by atoms with Gasteiger partial charge in [0, 0.05) is 0 Å². The molecule has 0 aliphatic heterocycles. The molecule has 0 atom stereocenters. The molecule has 2 N–H and O–H groups in total. The minimum Gasteiger partial charge on any atom is -0.537 e. The Hall–Kier alpha value is -0.965. The fraction of sp³-hybridized carbons (Fsp3) is 0. The molecule has 5 heteroatoms. The summed E-state index contributed by atoms with van der Waals surface area (Å²) in [7, 11) is -0.306. The molecule has 0 unspecified atom stereocenters. The number of H-pyrrole nitrogens is 1. The molecule has 0 amide bonds. The predicted octanol–water partition coefficient (Wildman–Crippen LogP) is -0.953. The highest BCUT2D eigenvalue weighted by Crippen LogP contribution is 2.01. The van der Waals surface area contributed by atoms with Gasteiger partial charge in [-0.05, 0) is 0 Å². The van der Waals surface area contributed by atoms with Crippen molar-refractivity contribution in [1.82, 2.24) is 10.2 Å². The highest BCUT2D eigenvalue weighted by molar-refractivity contribution is 6.17. The van der Waals surface area contributed by atoms with Crippen LogP contribution < -0.4 is 4.65 Å². The first-order valence-electron chi connectivity index (χ1n) is 2.16. The topological polar surface area (TPSA) is 58.1 Å². The Morgan fingerprint density at radius 3 is 3.25 bits per heavy atom. The van der Waals surface area contributed by atoms with Crippen molar-refractivity contribution < 1.29 is 9.68 Å². The van der Waals surface area contributed by atoms with Crippen molar-refractivity contribution in [2.75, 3.05) is 0 Å². The maximum atomic E-state index is 8.17. The van der Waals surface area contributed by atoms with Crippen LogP contribution in [-0.4, -0.2) is 22.9 Å². The molecule has 4 nitrogen and oxygen atoms in total. The standard InChI is InChI=1S/C3H5BN2O2/c7-4-8-3-1-5-6-2-3/h1-2,4,7H,(H,5,6). The van der Waals surface area contributed by atoms with E-state index in [1.807, 2.05) is 0 Å². The van der Waals surface area contributed by atoms with Crippen LogP contribution >= 0.6 is 0 Å². The zero-order valence-electron chi connectivity index (χ0n) is 4.16. The van der Waals surface area contributed by atoms with Crippen LogP contribution in [-0.2, 0) is 0 Å². The fourth-order valence-corrected chi connectivity index (χ4v) is 0.393. The maximum Gasteiger partial charge on any atom is 0.504 e. The summed E-state index contributed by atoms with van der Waals surface area (Å²) < 4.78 is 4.61. The largest absolute Gasteiger partial charge is 0.537 e. The van der Waals surface area contributed by atoms with E-state index >= 15 is 0 Å². The predicted molar refractivity (Wildman–Crippen MR) is 28.6 cm³/mol. The first kappa shape index (κ1) is 5.18. The summed E-state index contributed by atoms with van der Waals surface area (Å²) in [5, 5.41) is 14.3. The summed E-state index contributed by atoms with van der Waals surface area (Å²) in [5.41, 5.74) is 0. The summed E-state index contributed by atoms with van der Waals surface area (Å²) >= 11 is 0. The average molecular weight is 112 g/mol. The van der Waals surface area contributed by atoms with Crippen molar-refractivity contribution in [1.29, 1.82) is 0 Å². The van der Waals surface area contributed by atoms with Crippen molar-refractivity contribution in [3.63, 3.8) is 0 Å². The Morgan fingerprint density at radius 2 is 2.75 bits per heavy atom. The van der Waals surface area contributed by atoms with Crippen molar-refractivity contribution in [3.05, 3.63) is 12.4 Å². The summed E-state index contributed by atoms with van der Waals surface area (Å²) in [6.45, 7) is 0. The number of hydrogen-bond acceptors (Lipinski definition) is 3. The van der Waals surface area contributed by atoms with Gasteiger partial charge in [0.15, 0.2) is 0 Å². The van der Waals surface area contributed by atoms with Crippen LogP contribution in [0.1, 0.15) is 0 Å². The van der Waals surface area contributed by atoms with Gasteiger partial charge in [0.05, 0.1) is 12.4 Å². The molecule has 0 aliphatic carbocycles. The minimum atomic E-state index is -0.306. The van der Waals surface area contributed by atoms with Crippen LogP contribution in [0.3, 0.4) is 0 Å². The Kier molecular flexibility index (Phi) is 1.53. The van der Waals surface area contributed by atoms with E-state index in [1.54, 1.807) is 6.20 Å². The summed E-state index contributed by atoms with van der Waals surface area (Å²) in [5.74, 6) is 0.549. The summed E-state index contributed by atoms with van der Waals surface area (Å²) in [4.78, 5) is 0. The van der Waals surface area contributed by atoms with Gasteiger partial charge >= 0.3 is 7.69 Å². The van der Waals surface area contributed by atoms with E-state index in [1.165, 1.54) is 6.20 Å².